The number of amides is 1. The van der Waals surface area contributed by atoms with Gasteiger partial charge in [0.25, 0.3) is 0 Å². The zero-order valence-corrected chi connectivity index (χ0v) is 16.4. The topological polar surface area (TPSA) is 54.5 Å². The lowest BCUT2D eigenvalue weighted by molar-refractivity contribution is -0.131. The van der Waals surface area contributed by atoms with E-state index >= 15 is 0 Å². The molecule has 1 N–H and O–H groups in total. The third-order valence-corrected chi connectivity index (χ3v) is 5.80. The number of nitrogens with zero attached hydrogens (tertiary/aromatic N) is 2. The number of likely N-dealkylation sites (tertiary alicyclic amines) is 1. The predicted octanol–water partition coefficient (Wildman–Crippen LogP) is 3.70. The van der Waals surface area contributed by atoms with Crippen LogP contribution in [0.4, 0.5) is 4.39 Å². The number of hydrogen-bond donors (Lipinski definition) is 1. The average molecular weight is 383 g/mol. The second-order valence-corrected chi connectivity index (χ2v) is 7.75. The fourth-order valence-corrected chi connectivity index (χ4v) is 4.23. The maximum absolute atomic E-state index is 14.5. The van der Waals surface area contributed by atoms with Gasteiger partial charge in [-0.15, -0.1) is 0 Å². The highest BCUT2D eigenvalue weighted by molar-refractivity contribution is 5.88. The SMILES string of the molecule is CCCOc1ccc(F)c(-c2ccnc([C@H]3CC[C@@]4(CCN(C)C4=O)N3)c2)c1. The Labute approximate surface area is 164 Å². The molecule has 0 unspecified atom stereocenters. The molecule has 4 rings (SSSR count). The molecule has 2 saturated heterocycles. The minimum absolute atomic E-state index is 0.00187. The molecule has 28 heavy (non-hydrogen) atoms. The van der Waals surface area contributed by atoms with Gasteiger partial charge in [0.1, 0.15) is 17.1 Å². The fourth-order valence-electron chi connectivity index (χ4n) is 4.23. The summed E-state index contributed by atoms with van der Waals surface area (Å²) in [5.74, 6) is 0.538. The minimum atomic E-state index is -0.462. The van der Waals surface area contributed by atoms with Crippen LogP contribution in [0.3, 0.4) is 0 Å². The smallest absolute Gasteiger partial charge is 0.242 e. The van der Waals surface area contributed by atoms with E-state index in [4.69, 9.17) is 4.74 Å². The Balaban J connectivity index is 1.58. The van der Waals surface area contributed by atoms with Crippen LogP contribution in [-0.4, -0.2) is 41.5 Å². The molecule has 148 valence electrons. The summed E-state index contributed by atoms with van der Waals surface area (Å²) in [5.41, 5.74) is 1.65. The highest BCUT2D eigenvalue weighted by atomic mass is 19.1. The minimum Gasteiger partial charge on any atom is -0.494 e. The Morgan fingerprint density at radius 3 is 2.93 bits per heavy atom. The number of halogens is 1. The molecular weight excluding hydrogens is 357 g/mol. The standard InChI is InChI=1S/C22H26FN3O2/c1-3-12-28-16-4-5-18(23)17(14-16)15-7-10-24-20(13-15)19-6-8-22(25-19)9-11-26(2)21(22)27/h4-5,7,10,13-14,19,25H,3,6,8-9,11-12H2,1-2H3/t19-,22+/m1/s1. The van der Waals surface area contributed by atoms with Crippen LogP contribution in [0, 0.1) is 5.82 Å². The Morgan fingerprint density at radius 1 is 1.32 bits per heavy atom. The maximum atomic E-state index is 14.5. The second kappa shape index (κ2) is 7.51. The fraction of sp³-hybridized carbons (Fsp3) is 0.455. The molecular formula is C22H26FN3O2. The van der Waals surface area contributed by atoms with Crippen LogP contribution in [-0.2, 0) is 4.79 Å². The van der Waals surface area contributed by atoms with Gasteiger partial charge in [-0.2, -0.15) is 0 Å². The van der Waals surface area contributed by atoms with Crippen LogP contribution in [0.2, 0.25) is 0 Å². The van der Waals surface area contributed by atoms with Crippen LogP contribution < -0.4 is 10.1 Å². The first kappa shape index (κ1) is 18.9. The van der Waals surface area contributed by atoms with Crippen LogP contribution in [0.5, 0.6) is 5.75 Å². The number of aromatic nitrogens is 1. The van der Waals surface area contributed by atoms with E-state index in [1.807, 2.05) is 26.1 Å². The first-order chi connectivity index (χ1) is 13.5. The third kappa shape index (κ3) is 3.37. The van der Waals surface area contributed by atoms with Gasteiger partial charge in [-0.25, -0.2) is 4.39 Å². The van der Waals surface area contributed by atoms with E-state index in [1.54, 1.807) is 23.2 Å². The van der Waals surface area contributed by atoms with Gasteiger partial charge in [0, 0.05) is 25.4 Å². The second-order valence-electron chi connectivity index (χ2n) is 7.75. The average Bonchev–Trinajstić information content (AvgIpc) is 3.27. The van der Waals surface area contributed by atoms with Crippen molar-refractivity contribution < 1.29 is 13.9 Å². The highest BCUT2D eigenvalue weighted by Gasteiger charge is 2.50. The monoisotopic (exact) mass is 383 g/mol. The Bertz CT molecular complexity index is 888. The van der Waals surface area contributed by atoms with Crippen LogP contribution >= 0.6 is 0 Å². The summed E-state index contributed by atoms with van der Waals surface area (Å²) in [4.78, 5) is 18.8. The summed E-state index contributed by atoms with van der Waals surface area (Å²) >= 11 is 0. The largest absolute Gasteiger partial charge is 0.494 e. The highest BCUT2D eigenvalue weighted by Crippen LogP contribution is 2.39. The number of carbonyl (C=O) groups is 1. The van der Waals surface area contributed by atoms with Crippen molar-refractivity contribution in [3.8, 4) is 16.9 Å². The van der Waals surface area contributed by atoms with Gasteiger partial charge in [0.2, 0.25) is 5.91 Å². The van der Waals surface area contributed by atoms with Gasteiger partial charge < -0.3 is 9.64 Å². The molecule has 1 aromatic carbocycles. The van der Waals surface area contributed by atoms with E-state index < -0.39 is 5.54 Å². The van der Waals surface area contributed by atoms with Crippen molar-refractivity contribution in [1.29, 1.82) is 0 Å². The van der Waals surface area contributed by atoms with Crippen molar-refractivity contribution in [2.75, 3.05) is 20.2 Å². The number of benzene rings is 1. The molecule has 2 aliphatic heterocycles. The van der Waals surface area contributed by atoms with E-state index in [0.717, 1.165) is 43.5 Å². The van der Waals surface area contributed by atoms with Crippen molar-refractivity contribution in [2.45, 2.75) is 44.2 Å². The van der Waals surface area contributed by atoms with Crippen molar-refractivity contribution in [3.63, 3.8) is 0 Å². The summed E-state index contributed by atoms with van der Waals surface area (Å²) in [5, 5.41) is 3.52. The Morgan fingerprint density at radius 2 is 2.18 bits per heavy atom. The lowest BCUT2D eigenvalue weighted by atomic mass is 9.96. The first-order valence-corrected chi connectivity index (χ1v) is 9.94. The molecule has 2 aliphatic rings. The van der Waals surface area contributed by atoms with Crippen molar-refractivity contribution >= 4 is 5.91 Å². The maximum Gasteiger partial charge on any atom is 0.242 e. The molecule has 6 heteroatoms. The Kier molecular flexibility index (Phi) is 5.06. The number of likely N-dealkylation sites (N-methyl/N-ethyl adjacent to an activating group) is 1. The molecule has 2 atom stereocenters. The summed E-state index contributed by atoms with van der Waals surface area (Å²) in [7, 11) is 1.85. The molecule has 2 fully saturated rings. The Hall–Kier alpha value is -2.47. The van der Waals surface area contributed by atoms with E-state index in [2.05, 4.69) is 10.3 Å². The summed E-state index contributed by atoms with van der Waals surface area (Å²) in [6.07, 6.45) is 5.08. The molecule has 1 spiro atoms. The first-order valence-electron chi connectivity index (χ1n) is 9.94. The van der Waals surface area contributed by atoms with Gasteiger partial charge in [-0.05, 0) is 61.6 Å². The number of pyridine rings is 1. The predicted molar refractivity (Wildman–Crippen MR) is 106 cm³/mol. The number of nitrogens with one attached hydrogen (secondary N) is 1. The van der Waals surface area contributed by atoms with Crippen molar-refractivity contribution in [1.82, 2.24) is 15.2 Å². The molecule has 5 nitrogen and oxygen atoms in total. The summed E-state index contributed by atoms with van der Waals surface area (Å²) < 4.78 is 20.1. The zero-order valence-electron chi connectivity index (χ0n) is 16.4. The molecule has 0 bridgehead atoms. The molecule has 1 aromatic heterocycles. The molecule has 0 radical (unpaired) electrons. The van der Waals surface area contributed by atoms with Crippen LogP contribution in [0.15, 0.2) is 36.5 Å². The van der Waals surface area contributed by atoms with Gasteiger partial charge in [-0.3, -0.25) is 15.1 Å². The van der Waals surface area contributed by atoms with Crippen LogP contribution in [0.1, 0.15) is 44.3 Å². The quantitative estimate of drug-likeness (QED) is 0.855. The number of hydrogen-bond acceptors (Lipinski definition) is 4. The van der Waals surface area contributed by atoms with E-state index in [-0.39, 0.29) is 17.8 Å². The normalized spacial score (nSPS) is 24.3. The summed E-state index contributed by atoms with van der Waals surface area (Å²) in [6.45, 7) is 3.42. The molecule has 2 aromatic rings. The zero-order chi connectivity index (χ0) is 19.7. The lowest BCUT2D eigenvalue weighted by Crippen LogP contribution is -2.47. The van der Waals surface area contributed by atoms with E-state index in [9.17, 15) is 9.18 Å². The van der Waals surface area contributed by atoms with Crippen molar-refractivity contribution in [3.05, 3.63) is 48.0 Å². The number of carbonyl (C=O) groups excluding carboxylic acids is 1. The number of rotatable bonds is 5. The van der Waals surface area contributed by atoms with Crippen LogP contribution in [0.25, 0.3) is 11.1 Å². The van der Waals surface area contributed by atoms with Crippen molar-refractivity contribution in [2.24, 2.45) is 0 Å². The third-order valence-electron chi connectivity index (χ3n) is 5.80. The molecule has 0 saturated carbocycles. The van der Waals surface area contributed by atoms with E-state index in [0.29, 0.717) is 17.9 Å². The van der Waals surface area contributed by atoms with Gasteiger partial charge >= 0.3 is 0 Å². The van der Waals surface area contributed by atoms with Gasteiger partial charge in [0.15, 0.2) is 0 Å². The number of ether oxygens (including phenoxy) is 1. The molecule has 1 amide bonds. The molecule has 0 aliphatic carbocycles. The summed E-state index contributed by atoms with van der Waals surface area (Å²) in [6, 6.07) is 8.56. The van der Waals surface area contributed by atoms with E-state index in [1.165, 1.54) is 6.07 Å². The van der Waals surface area contributed by atoms with Gasteiger partial charge in [0.05, 0.1) is 18.3 Å². The lowest BCUT2D eigenvalue weighted by Gasteiger charge is -2.23. The molecule has 3 heterocycles. The van der Waals surface area contributed by atoms with Gasteiger partial charge in [-0.1, -0.05) is 6.92 Å².